The van der Waals surface area contributed by atoms with E-state index >= 15 is 0 Å². The lowest BCUT2D eigenvalue weighted by molar-refractivity contribution is 0.0683. The Morgan fingerprint density at radius 2 is 2.00 bits per heavy atom. The molecule has 0 aliphatic rings. The van der Waals surface area contributed by atoms with Crippen LogP contribution in [-0.2, 0) is 17.9 Å². The minimum atomic E-state index is 0.00695. The van der Waals surface area contributed by atoms with Crippen molar-refractivity contribution in [2.75, 3.05) is 20.3 Å². The molecule has 27 heavy (non-hydrogen) atoms. The Bertz CT molecular complexity index is 845. The molecule has 1 amide bonds. The molecular formula is C20H22N2O3S2. The number of thiophene rings is 1. The third kappa shape index (κ3) is 5.63. The first-order valence-electron chi connectivity index (χ1n) is 8.60. The van der Waals surface area contributed by atoms with Crippen LogP contribution in [0.3, 0.4) is 0 Å². The topological polar surface area (TPSA) is 51.7 Å². The second kappa shape index (κ2) is 9.64. The van der Waals surface area contributed by atoms with E-state index in [4.69, 9.17) is 9.47 Å². The molecule has 0 atom stereocenters. The molecule has 7 heteroatoms. The van der Waals surface area contributed by atoms with Crippen molar-refractivity contribution in [3.05, 3.63) is 68.3 Å². The van der Waals surface area contributed by atoms with Crippen molar-refractivity contribution in [1.29, 1.82) is 0 Å². The number of aromatic nitrogens is 1. The van der Waals surface area contributed by atoms with Gasteiger partial charge >= 0.3 is 0 Å². The molecule has 3 aromatic rings. The summed E-state index contributed by atoms with van der Waals surface area (Å²) in [6.45, 7) is 3.94. The van der Waals surface area contributed by atoms with E-state index in [1.165, 1.54) is 16.9 Å². The SMILES string of the molecule is COCCN(Cc1csc(COc2ccc(C)cc2)n1)C(=O)c1cccs1. The molecule has 0 N–H and O–H groups in total. The van der Waals surface area contributed by atoms with E-state index in [0.29, 0.717) is 26.3 Å². The molecule has 0 saturated heterocycles. The molecule has 3 rings (SSSR count). The Morgan fingerprint density at radius 1 is 1.19 bits per heavy atom. The van der Waals surface area contributed by atoms with Gasteiger partial charge in [0.05, 0.1) is 23.7 Å². The first kappa shape index (κ1) is 19.5. The fourth-order valence-electron chi connectivity index (χ4n) is 2.47. The van der Waals surface area contributed by atoms with Gasteiger partial charge in [-0.15, -0.1) is 22.7 Å². The van der Waals surface area contributed by atoms with Crippen LogP contribution in [0.2, 0.25) is 0 Å². The largest absolute Gasteiger partial charge is 0.486 e. The molecule has 0 bridgehead atoms. The molecule has 142 valence electrons. The van der Waals surface area contributed by atoms with Gasteiger partial charge in [0.1, 0.15) is 17.4 Å². The van der Waals surface area contributed by atoms with Gasteiger partial charge in [-0.05, 0) is 30.5 Å². The van der Waals surface area contributed by atoms with Crippen molar-refractivity contribution in [2.45, 2.75) is 20.1 Å². The maximum Gasteiger partial charge on any atom is 0.264 e. The van der Waals surface area contributed by atoms with Gasteiger partial charge in [0, 0.05) is 19.0 Å². The number of benzene rings is 1. The van der Waals surface area contributed by atoms with E-state index in [1.807, 2.05) is 54.1 Å². The number of aryl methyl sites for hydroxylation is 1. The van der Waals surface area contributed by atoms with Gasteiger partial charge in [-0.3, -0.25) is 4.79 Å². The van der Waals surface area contributed by atoms with E-state index in [9.17, 15) is 4.79 Å². The van der Waals surface area contributed by atoms with Crippen LogP contribution in [0.1, 0.15) is 25.9 Å². The number of hydrogen-bond donors (Lipinski definition) is 0. The van der Waals surface area contributed by atoms with Crippen molar-refractivity contribution in [3.63, 3.8) is 0 Å². The van der Waals surface area contributed by atoms with Crippen LogP contribution >= 0.6 is 22.7 Å². The quantitative estimate of drug-likeness (QED) is 0.533. The summed E-state index contributed by atoms with van der Waals surface area (Å²) in [4.78, 5) is 19.8. The van der Waals surface area contributed by atoms with Crippen LogP contribution in [0.4, 0.5) is 0 Å². The lowest BCUT2D eigenvalue weighted by Gasteiger charge is -2.20. The Labute approximate surface area is 167 Å². The summed E-state index contributed by atoms with van der Waals surface area (Å²) in [6.07, 6.45) is 0. The monoisotopic (exact) mass is 402 g/mol. The molecule has 0 spiro atoms. The Balaban J connectivity index is 1.61. The summed E-state index contributed by atoms with van der Waals surface area (Å²) in [5.41, 5.74) is 2.06. The van der Waals surface area contributed by atoms with Crippen molar-refractivity contribution in [3.8, 4) is 5.75 Å². The molecule has 1 aromatic carbocycles. The van der Waals surface area contributed by atoms with Gasteiger partial charge in [0.25, 0.3) is 5.91 Å². The van der Waals surface area contributed by atoms with Crippen LogP contribution in [0.5, 0.6) is 5.75 Å². The normalized spacial score (nSPS) is 10.7. The fourth-order valence-corrected chi connectivity index (χ4v) is 3.86. The van der Waals surface area contributed by atoms with E-state index < -0.39 is 0 Å². The van der Waals surface area contributed by atoms with Gasteiger partial charge in [-0.25, -0.2) is 4.98 Å². The lowest BCUT2D eigenvalue weighted by Crippen LogP contribution is -2.33. The average Bonchev–Trinajstić information content (AvgIpc) is 3.36. The van der Waals surface area contributed by atoms with Gasteiger partial charge in [0.15, 0.2) is 0 Å². The van der Waals surface area contributed by atoms with E-state index in [-0.39, 0.29) is 5.91 Å². The minimum absolute atomic E-state index is 0.00695. The summed E-state index contributed by atoms with van der Waals surface area (Å²) in [5, 5.41) is 4.78. The molecular weight excluding hydrogens is 380 g/mol. The summed E-state index contributed by atoms with van der Waals surface area (Å²) in [5.74, 6) is 0.833. The highest BCUT2D eigenvalue weighted by atomic mass is 32.1. The molecule has 5 nitrogen and oxygen atoms in total. The van der Waals surface area contributed by atoms with Crippen molar-refractivity contribution in [2.24, 2.45) is 0 Å². The number of rotatable bonds is 9. The molecule has 0 aliphatic carbocycles. The summed E-state index contributed by atoms with van der Waals surface area (Å²) >= 11 is 2.99. The van der Waals surface area contributed by atoms with E-state index in [2.05, 4.69) is 4.98 Å². The van der Waals surface area contributed by atoms with Gasteiger partial charge in [-0.1, -0.05) is 23.8 Å². The van der Waals surface area contributed by atoms with Gasteiger partial charge < -0.3 is 14.4 Å². The van der Waals surface area contributed by atoms with Gasteiger partial charge in [-0.2, -0.15) is 0 Å². The predicted octanol–water partition coefficient (Wildman–Crippen LogP) is 4.38. The number of methoxy groups -OCH3 is 1. The number of hydrogen-bond acceptors (Lipinski definition) is 6. The highest BCUT2D eigenvalue weighted by molar-refractivity contribution is 7.12. The fraction of sp³-hybridized carbons (Fsp3) is 0.300. The van der Waals surface area contributed by atoms with Crippen LogP contribution in [-0.4, -0.2) is 36.1 Å². The maximum atomic E-state index is 12.7. The standard InChI is InChI=1S/C20H22N2O3S2/c1-15-5-7-17(8-6-15)25-13-19-21-16(14-27-19)12-22(9-10-24-2)20(23)18-4-3-11-26-18/h3-8,11,14H,9-10,12-13H2,1-2H3. The highest BCUT2D eigenvalue weighted by Gasteiger charge is 2.18. The minimum Gasteiger partial charge on any atom is -0.486 e. The van der Waals surface area contributed by atoms with E-state index in [0.717, 1.165) is 21.3 Å². The molecule has 2 aromatic heterocycles. The van der Waals surface area contributed by atoms with Crippen molar-refractivity contribution in [1.82, 2.24) is 9.88 Å². The summed E-state index contributed by atoms with van der Waals surface area (Å²) in [7, 11) is 1.64. The lowest BCUT2D eigenvalue weighted by atomic mass is 10.2. The number of carbonyl (C=O) groups excluding carboxylic acids is 1. The Kier molecular flexibility index (Phi) is 6.98. The second-order valence-corrected chi connectivity index (χ2v) is 7.92. The zero-order valence-electron chi connectivity index (χ0n) is 15.4. The van der Waals surface area contributed by atoms with Crippen molar-refractivity contribution >= 4 is 28.6 Å². The third-order valence-electron chi connectivity index (χ3n) is 3.92. The molecule has 0 fully saturated rings. The van der Waals surface area contributed by atoms with Crippen molar-refractivity contribution < 1.29 is 14.3 Å². The number of amides is 1. The summed E-state index contributed by atoms with van der Waals surface area (Å²) < 4.78 is 10.9. The molecule has 0 aliphatic heterocycles. The molecule has 0 radical (unpaired) electrons. The number of ether oxygens (including phenoxy) is 2. The zero-order chi connectivity index (χ0) is 19.1. The Hall–Kier alpha value is -2.22. The smallest absolute Gasteiger partial charge is 0.264 e. The first-order chi connectivity index (χ1) is 13.2. The number of carbonyl (C=O) groups is 1. The molecule has 0 unspecified atom stereocenters. The Morgan fingerprint density at radius 3 is 2.70 bits per heavy atom. The van der Waals surface area contributed by atoms with Crippen LogP contribution in [0, 0.1) is 6.92 Å². The predicted molar refractivity (Wildman–Crippen MR) is 109 cm³/mol. The third-order valence-corrected chi connectivity index (χ3v) is 5.65. The highest BCUT2D eigenvalue weighted by Crippen LogP contribution is 2.18. The molecule has 0 saturated carbocycles. The second-order valence-electron chi connectivity index (χ2n) is 6.03. The zero-order valence-corrected chi connectivity index (χ0v) is 17.0. The van der Waals surface area contributed by atoms with Gasteiger partial charge in [0.2, 0.25) is 0 Å². The number of nitrogens with zero attached hydrogens (tertiary/aromatic N) is 2. The first-order valence-corrected chi connectivity index (χ1v) is 10.4. The molecule has 2 heterocycles. The van der Waals surface area contributed by atoms with E-state index in [1.54, 1.807) is 23.3 Å². The summed E-state index contributed by atoms with van der Waals surface area (Å²) in [6, 6.07) is 11.7. The van der Waals surface area contributed by atoms with Crippen LogP contribution in [0.25, 0.3) is 0 Å². The number of thiazole rings is 1. The van der Waals surface area contributed by atoms with Crippen LogP contribution < -0.4 is 4.74 Å². The van der Waals surface area contributed by atoms with Crippen LogP contribution in [0.15, 0.2) is 47.2 Å². The maximum absolute atomic E-state index is 12.7. The average molecular weight is 403 g/mol.